The van der Waals surface area contributed by atoms with Gasteiger partial charge in [0.15, 0.2) is 0 Å². The molecule has 1 aromatic carbocycles. The minimum atomic E-state index is -0.595. The molecule has 1 N–H and O–H groups in total. The second-order valence-electron chi connectivity index (χ2n) is 5.59. The third-order valence-corrected chi connectivity index (χ3v) is 3.71. The highest BCUT2D eigenvalue weighted by molar-refractivity contribution is 7.99. The third-order valence-electron chi connectivity index (χ3n) is 2.74. The Balaban J connectivity index is 2.39. The van der Waals surface area contributed by atoms with Crippen LogP contribution in [0.2, 0.25) is 0 Å². The van der Waals surface area contributed by atoms with Crippen molar-refractivity contribution in [3.05, 3.63) is 41.7 Å². The van der Waals surface area contributed by atoms with Gasteiger partial charge in [-0.2, -0.15) is 0 Å². The van der Waals surface area contributed by atoms with Gasteiger partial charge in [0.05, 0.1) is 0 Å². The molecule has 3 nitrogen and oxygen atoms in total. The van der Waals surface area contributed by atoms with Crippen molar-refractivity contribution in [3.8, 4) is 0 Å². The SMILES string of the molecule is CNc1cc(Sc2ccc(F)cc2F)nc(C(C)(C)C)n1. The van der Waals surface area contributed by atoms with Crippen LogP contribution in [-0.4, -0.2) is 17.0 Å². The molecule has 0 radical (unpaired) electrons. The first kappa shape index (κ1) is 15.7. The molecule has 21 heavy (non-hydrogen) atoms. The highest BCUT2D eigenvalue weighted by atomic mass is 32.2. The maximum absolute atomic E-state index is 13.7. The van der Waals surface area contributed by atoms with Crippen LogP contribution < -0.4 is 5.32 Å². The first-order valence-electron chi connectivity index (χ1n) is 6.50. The molecule has 1 aromatic heterocycles. The summed E-state index contributed by atoms with van der Waals surface area (Å²) < 4.78 is 26.7. The number of benzene rings is 1. The van der Waals surface area contributed by atoms with Gasteiger partial charge in [0.2, 0.25) is 0 Å². The highest BCUT2D eigenvalue weighted by Crippen LogP contribution is 2.31. The van der Waals surface area contributed by atoms with Gasteiger partial charge in [0, 0.05) is 29.5 Å². The molecule has 0 amide bonds. The van der Waals surface area contributed by atoms with E-state index in [2.05, 4.69) is 15.3 Å². The minimum Gasteiger partial charge on any atom is -0.373 e. The van der Waals surface area contributed by atoms with Gasteiger partial charge in [-0.1, -0.05) is 32.5 Å². The maximum Gasteiger partial charge on any atom is 0.140 e. The predicted molar refractivity (Wildman–Crippen MR) is 80.8 cm³/mol. The van der Waals surface area contributed by atoms with Crippen molar-refractivity contribution in [3.63, 3.8) is 0 Å². The molecule has 0 atom stereocenters. The van der Waals surface area contributed by atoms with Gasteiger partial charge >= 0.3 is 0 Å². The lowest BCUT2D eigenvalue weighted by Crippen LogP contribution is -2.17. The number of rotatable bonds is 3. The lowest BCUT2D eigenvalue weighted by atomic mass is 9.96. The molecular formula is C15H17F2N3S. The minimum absolute atomic E-state index is 0.219. The molecule has 0 spiro atoms. The Morgan fingerprint density at radius 2 is 1.81 bits per heavy atom. The van der Waals surface area contributed by atoms with E-state index in [1.54, 1.807) is 13.1 Å². The molecule has 2 rings (SSSR count). The number of halogens is 2. The van der Waals surface area contributed by atoms with Crippen LogP contribution in [0.4, 0.5) is 14.6 Å². The van der Waals surface area contributed by atoms with Gasteiger partial charge < -0.3 is 5.32 Å². The van der Waals surface area contributed by atoms with Crippen LogP contribution in [0.15, 0.2) is 34.2 Å². The van der Waals surface area contributed by atoms with Crippen LogP contribution in [0, 0.1) is 11.6 Å². The molecule has 2 aromatic rings. The summed E-state index contributed by atoms with van der Waals surface area (Å²) in [6, 6.07) is 5.25. The maximum atomic E-state index is 13.7. The van der Waals surface area contributed by atoms with E-state index in [4.69, 9.17) is 0 Å². The average Bonchev–Trinajstić information content (AvgIpc) is 2.40. The van der Waals surface area contributed by atoms with Crippen molar-refractivity contribution in [2.75, 3.05) is 12.4 Å². The highest BCUT2D eigenvalue weighted by Gasteiger charge is 2.19. The van der Waals surface area contributed by atoms with Crippen LogP contribution in [0.3, 0.4) is 0 Å². The molecule has 6 heteroatoms. The van der Waals surface area contributed by atoms with Crippen LogP contribution >= 0.6 is 11.8 Å². The number of nitrogens with zero attached hydrogens (tertiary/aromatic N) is 2. The van der Waals surface area contributed by atoms with E-state index in [1.165, 1.54) is 12.1 Å². The number of hydrogen-bond acceptors (Lipinski definition) is 4. The van der Waals surface area contributed by atoms with E-state index < -0.39 is 11.6 Å². The largest absolute Gasteiger partial charge is 0.373 e. The fourth-order valence-corrected chi connectivity index (χ4v) is 2.43. The Labute approximate surface area is 127 Å². The molecule has 0 bridgehead atoms. The van der Waals surface area contributed by atoms with Crippen molar-refractivity contribution in [2.45, 2.75) is 36.1 Å². The van der Waals surface area contributed by atoms with Crippen molar-refractivity contribution >= 4 is 17.6 Å². The van der Waals surface area contributed by atoms with Gasteiger partial charge in [0.1, 0.15) is 28.3 Å². The standard InChI is InChI=1S/C15H17F2N3S/c1-15(2,3)14-19-12(18-4)8-13(20-14)21-11-6-5-9(16)7-10(11)17/h5-8H,1-4H3,(H,18,19,20). The monoisotopic (exact) mass is 309 g/mol. The zero-order chi connectivity index (χ0) is 15.6. The van der Waals surface area contributed by atoms with Gasteiger partial charge in [-0.3, -0.25) is 0 Å². The molecule has 0 aliphatic rings. The lowest BCUT2D eigenvalue weighted by Gasteiger charge is -2.18. The second kappa shape index (κ2) is 5.97. The summed E-state index contributed by atoms with van der Waals surface area (Å²) in [6.07, 6.45) is 0. The van der Waals surface area contributed by atoms with Crippen LogP contribution in [0.25, 0.3) is 0 Å². The topological polar surface area (TPSA) is 37.8 Å². The van der Waals surface area contributed by atoms with E-state index in [0.29, 0.717) is 21.6 Å². The summed E-state index contributed by atoms with van der Waals surface area (Å²) in [4.78, 5) is 9.21. The number of aromatic nitrogens is 2. The molecule has 0 saturated heterocycles. The summed E-state index contributed by atoms with van der Waals surface area (Å²) in [5.41, 5.74) is -0.219. The van der Waals surface area contributed by atoms with E-state index in [9.17, 15) is 8.78 Å². The Kier molecular flexibility index (Phi) is 4.46. The average molecular weight is 309 g/mol. The molecule has 0 unspecified atom stereocenters. The van der Waals surface area contributed by atoms with E-state index in [-0.39, 0.29) is 5.41 Å². The quantitative estimate of drug-likeness (QED) is 0.860. The Morgan fingerprint density at radius 1 is 1.10 bits per heavy atom. The van der Waals surface area contributed by atoms with Crippen LogP contribution in [0.1, 0.15) is 26.6 Å². The zero-order valence-corrected chi connectivity index (χ0v) is 13.2. The summed E-state index contributed by atoms with van der Waals surface area (Å²) in [5.74, 6) is 0.145. The lowest BCUT2D eigenvalue weighted by molar-refractivity contribution is 0.539. The normalized spacial score (nSPS) is 11.5. The fourth-order valence-electron chi connectivity index (χ4n) is 1.61. The van der Waals surface area contributed by atoms with E-state index in [0.717, 1.165) is 17.8 Å². The third kappa shape index (κ3) is 3.91. The second-order valence-corrected chi connectivity index (χ2v) is 6.65. The number of anilines is 1. The molecule has 112 valence electrons. The number of hydrogen-bond donors (Lipinski definition) is 1. The smallest absolute Gasteiger partial charge is 0.140 e. The first-order chi connectivity index (χ1) is 9.79. The Morgan fingerprint density at radius 3 is 2.38 bits per heavy atom. The summed E-state index contributed by atoms with van der Waals surface area (Å²) in [6.45, 7) is 6.03. The summed E-state index contributed by atoms with van der Waals surface area (Å²) in [5, 5.41) is 3.59. The van der Waals surface area contributed by atoms with Crippen molar-refractivity contribution in [1.82, 2.24) is 9.97 Å². The fraction of sp³-hybridized carbons (Fsp3) is 0.333. The predicted octanol–water partition coefficient (Wildman–Crippen LogP) is 4.25. The van der Waals surface area contributed by atoms with Gasteiger partial charge in [-0.05, 0) is 12.1 Å². The number of nitrogens with one attached hydrogen (secondary N) is 1. The molecule has 0 saturated carbocycles. The van der Waals surface area contributed by atoms with Crippen LogP contribution in [0.5, 0.6) is 0 Å². The van der Waals surface area contributed by atoms with Crippen molar-refractivity contribution in [1.29, 1.82) is 0 Å². The van der Waals surface area contributed by atoms with E-state index >= 15 is 0 Å². The van der Waals surface area contributed by atoms with Gasteiger partial charge in [-0.15, -0.1) is 0 Å². The molecule has 0 fully saturated rings. The Hall–Kier alpha value is -1.69. The first-order valence-corrected chi connectivity index (χ1v) is 7.31. The van der Waals surface area contributed by atoms with Crippen LogP contribution in [-0.2, 0) is 5.41 Å². The Bertz CT molecular complexity index is 654. The van der Waals surface area contributed by atoms with Gasteiger partial charge in [0.25, 0.3) is 0 Å². The zero-order valence-electron chi connectivity index (χ0n) is 12.4. The van der Waals surface area contributed by atoms with Crippen molar-refractivity contribution < 1.29 is 8.78 Å². The van der Waals surface area contributed by atoms with E-state index in [1.807, 2.05) is 20.8 Å². The summed E-state index contributed by atoms with van der Waals surface area (Å²) in [7, 11) is 1.77. The van der Waals surface area contributed by atoms with Gasteiger partial charge in [-0.25, -0.2) is 18.7 Å². The molecule has 0 aliphatic carbocycles. The molecule has 0 aliphatic heterocycles. The molecular weight excluding hydrogens is 292 g/mol. The van der Waals surface area contributed by atoms with Crippen molar-refractivity contribution in [2.24, 2.45) is 0 Å². The summed E-state index contributed by atoms with van der Waals surface area (Å²) >= 11 is 1.15. The molecule has 1 heterocycles.